The molecule has 2 unspecified atom stereocenters. The van der Waals surface area contributed by atoms with E-state index in [9.17, 15) is 8.42 Å². The molecule has 0 radical (unpaired) electrons. The first-order valence-corrected chi connectivity index (χ1v) is 7.41. The lowest BCUT2D eigenvalue weighted by atomic mass is 10.2. The smallest absolute Gasteiger partial charge is 0.151 e. The number of ether oxygens (including phenoxy) is 1. The predicted molar refractivity (Wildman–Crippen MR) is 60.8 cm³/mol. The average molecular weight is 235 g/mol. The molecule has 0 saturated carbocycles. The number of hydrogen-bond donors (Lipinski definition) is 1. The van der Waals surface area contributed by atoms with Gasteiger partial charge in [-0.05, 0) is 26.7 Å². The van der Waals surface area contributed by atoms with Crippen LogP contribution >= 0.6 is 0 Å². The van der Waals surface area contributed by atoms with Crippen molar-refractivity contribution >= 4 is 9.84 Å². The van der Waals surface area contributed by atoms with Crippen LogP contribution in [0.1, 0.15) is 26.7 Å². The molecular formula is C10H21NO3S. The molecule has 2 atom stereocenters. The first kappa shape index (κ1) is 12.9. The second-order valence-electron chi connectivity index (χ2n) is 4.13. The van der Waals surface area contributed by atoms with E-state index in [1.54, 1.807) is 0 Å². The second kappa shape index (κ2) is 5.82. The Kier molecular flexibility index (Phi) is 5.02. The summed E-state index contributed by atoms with van der Waals surface area (Å²) in [6.07, 6.45) is 1.89. The quantitative estimate of drug-likeness (QED) is 0.757. The first-order valence-electron chi connectivity index (χ1n) is 5.59. The summed E-state index contributed by atoms with van der Waals surface area (Å²) in [5.74, 6) is 0.637. The van der Waals surface area contributed by atoms with Crippen LogP contribution in [0.3, 0.4) is 0 Å². The molecule has 0 aromatic heterocycles. The minimum absolute atomic E-state index is 0.117. The third-order valence-electron chi connectivity index (χ3n) is 2.61. The number of hydrogen-bond acceptors (Lipinski definition) is 4. The minimum Gasteiger partial charge on any atom is -0.377 e. The molecule has 0 aromatic carbocycles. The SMILES string of the molecule is CCOC(C)CNC1CCCS(=O)(=O)C1. The van der Waals surface area contributed by atoms with Gasteiger partial charge < -0.3 is 10.1 Å². The van der Waals surface area contributed by atoms with Gasteiger partial charge in [0.2, 0.25) is 0 Å². The van der Waals surface area contributed by atoms with Crippen molar-refractivity contribution in [3.05, 3.63) is 0 Å². The zero-order valence-electron chi connectivity index (χ0n) is 9.53. The third kappa shape index (κ3) is 4.95. The molecule has 1 heterocycles. The molecule has 1 N–H and O–H groups in total. The fraction of sp³-hybridized carbons (Fsp3) is 1.00. The Morgan fingerprint density at radius 1 is 1.53 bits per heavy atom. The molecule has 0 aromatic rings. The Hall–Kier alpha value is -0.130. The van der Waals surface area contributed by atoms with Crippen LogP contribution in [0.15, 0.2) is 0 Å². The van der Waals surface area contributed by atoms with E-state index in [0.717, 1.165) is 19.4 Å². The highest BCUT2D eigenvalue weighted by Gasteiger charge is 2.24. The summed E-state index contributed by atoms with van der Waals surface area (Å²) in [5, 5.41) is 3.26. The summed E-state index contributed by atoms with van der Waals surface area (Å²) in [5.41, 5.74) is 0. The molecule has 1 fully saturated rings. The monoisotopic (exact) mass is 235 g/mol. The summed E-state index contributed by atoms with van der Waals surface area (Å²) >= 11 is 0. The van der Waals surface area contributed by atoms with Gasteiger partial charge in [-0.2, -0.15) is 0 Å². The molecule has 1 aliphatic rings. The zero-order chi connectivity index (χ0) is 11.3. The van der Waals surface area contributed by atoms with Crippen molar-refractivity contribution < 1.29 is 13.2 Å². The third-order valence-corrected chi connectivity index (χ3v) is 4.43. The van der Waals surface area contributed by atoms with Gasteiger partial charge in [0, 0.05) is 19.2 Å². The van der Waals surface area contributed by atoms with Crippen LogP contribution in [0.25, 0.3) is 0 Å². The van der Waals surface area contributed by atoms with E-state index in [0.29, 0.717) is 12.4 Å². The average Bonchev–Trinajstić information content (AvgIpc) is 2.14. The summed E-state index contributed by atoms with van der Waals surface area (Å²) in [4.78, 5) is 0. The van der Waals surface area contributed by atoms with Gasteiger partial charge in [0.05, 0.1) is 17.6 Å². The molecule has 90 valence electrons. The van der Waals surface area contributed by atoms with Gasteiger partial charge in [0.15, 0.2) is 9.84 Å². The van der Waals surface area contributed by atoms with E-state index >= 15 is 0 Å². The normalized spacial score (nSPS) is 27.5. The van der Waals surface area contributed by atoms with Crippen molar-refractivity contribution in [2.75, 3.05) is 24.7 Å². The van der Waals surface area contributed by atoms with Crippen LogP contribution in [-0.2, 0) is 14.6 Å². The number of sulfone groups is 1. The summed E-state index contributed by atoms with van der Waals surface area (Å²) in [6.45, 7) is 5.38. The van der Waals surface area contributed by atoms with Gasteiger partial charge in [-0.25, -0.2) is 8.42 Å². The lowest BCUT2D eigenvalue weighted by Gasteiger charge is -2.24. The molecular weight excluding hydrogens is 214 g/mol. The Morgan fingerprint density at radius 3 is 2.87 bits per heavy atom. The van der Waals surface area contributed by atoms with Gasteiger partial charge in [-0.15, -0.1) is 0 Å². The highest BCUT2D eigenvalue weighted by Crippen LogP contribution is 2.11. The van der Waals surface area contributed by atoms with Crippen molar-refractivity contribution in [3.8, 4) is 0 Å². The maximum atomic E-state index is 11.4. The Labute approximate surface area is 92.3 Å². The molecule has 1 saturated heterocycles. The molecule has 0 spiro atoms. The second-order valence-corrected chi connectivity index (χ2v) is 6.36. The largest absolute Gasteiger partial charge is 0.377 e. The maximum absolute atomic E-state index is 11.4. The Balaban J connectivity index is 2.27. The van der Waals surface area contributed by atoms with E-state index in [1.807, 2.05) is 13.8 Å². The van der Waals surface area contributed by atoms with Crippen LogP contribution in [0.4, 0.5) is 0 Å². The summed E-state index contributed by atoms with van der Waals surface area (Å²) in [6, 6.07) is 0.117. The van der Waals surface area contributed by atoms with Crippen molar-refractivity contribution in [3.63, 3.8) is 0 Å². The van der Waals surface area contributed by atoms with Crippen molar-refractivity contribution in [1.82, 2.24) is 5.32 Å². The standard InChI is InChI=1S/C10H21NO3S/c1-3-14-9(2)7-11-10-5-4-6-15(12,13)8-10/h9-11H,3-8H2,1-2H3. The molecule has 0 bridgehead atoms. The van der Waals surface area contributed by atoms with Crippen LogP contribution in [0, 0.1) is 0 Å². The highest BCUT2D eigenvalue weighted by molar-refractivity contribution is 7.91. The van der Waals surface area contributed by atoms with E-state index in [-0.39, 0.29) is 17.9 Å². The lowest BCUT2D eigenvalue weighted by Crippen LogP contribution is -2.43. The minimum atomic E-state index is -2.80. The van der Waals surface area contributed by atoms with Crippen molar-refractivity contribution in [2.45, 2.75) is 38.8 Å². The van der Waals surface area contributed by atoms with Crippen molar-refractivity contribution in [1.29, 1.82) is 0 Å². The van der Waals surface area contributed by atoms with Gasteiger partial charge in [-0.3, -0.25) is 0 Å². The van der Waals surface area contributed by atoms with Crippen LogP contribution in [-0.4, -0.2) is 45.2 Å². The van der Waals surface area contributed by atoms with Gasteiger partial charge in [0.25, 0.3) is 0 Å². The predicted octanol–water partition coefficient (Wildman–Crippen LogP) is 0.578. The van der Waals surface area contributed by atoms with E-state index in [1.165, 1.54) is 0 Å². The highest BCUT2D eigenvalue weighted by atomic mass is 32.2. The fourth-order valence-corrected chi connectivity index (χ4v) is 3.53. The molecule has 0 amide bonds. The Bertz CT molecular complexity index is 276. The molecule has 1 aliphatic heterocycles. The molecule has 15 heavy (non-hydrogen) atoms. The number of nitrogens with one attached hydrogen (secondary N) is 1. The molecule has 5 heteroatoms. The van der Waals surface area contributed by atoms with Crippen LogP contribution in [0.2, 0.25) is 0 Å². The topological polar surface area (TPSA) is 55.4 Å². The zero-order valence-corrected chi connectivity index (χ0v) is 10.3. The molecule has 0 aliphatic carbocycles. The summed E-state index contributed by atoms with van der Waals surface area (Å²) < 4.78 is 28.1. The lowest BCUT2D eigenvalue weighted by molar-refractivity contribution is 0.0741. The van der Waals surface area contributed by atoms with Crippen LogP contribution in [0.5, 0.6) is 0 Å². The van der Waals surface area contributed by atoms with Gasteiger partial charge in [-0.1, -0.05) is 0 Å². The summed E-state index contributed by atoms with van der Waals surface area (Å²) in [7, 11) is -2.80. The number of rotatable bonds is 5. The van der Waals surface area contributed by atoms with Crippen LogP contribution < -0.4 is 5.32 Å². The van der Waals surface area contributed by atoms with E-state index < -0.39 is 9.84 Å². The molecule has 4 nitrogen and oxygen atoms in total. The maximum Gasteiger partial charge on any atom is 0.151 e. The first-order chi connectivity index (χ1) is 7.03. The fourth-order valence-electron chi connectivity index (χ4n) is 1.86. The van der Waals surface area contributed by atoms with E-state index in [2.05, 4.69) is 5.32 Å². The molecule has 1 rings (SSSR count). The van der Waals surface area contributed by atoms with Crippen molar-refractivity contribution in [2.24, 2.45) is 0 Å². The van der Waals surface area contributed by atoms with Gasteiger partial charge >= 0.3 is 0 Å². The Morgan fingerprint density at radius 2 is 2.27 bits per heavy atom. The van der Waals surface area contributed by atoms with Gasteiger partial charge in [0.1, 0.15) is 0 Å². The van der Waals surface area contributed by atoms with E-state index in [4.69, 9.17) is 4.74 Å².